The number of carbonyl (C=O) groups excluding carboxylic acids is 2. The fraction of sp³-hybridized carbons (Fsp3) is 0.368. The van der Waals surface area contributed by atoms with Gasteiger partial charge in [-0.1, -0.05) is 12.1 Å². The van der Waals surface area contributed by atoms with E-state index in [2.05, 4.69) is 10.6 Å². The molecule has 1 aliphatic heterocycles. The number of carbonyl (C=O) groups is 2. The molecule has 0 unspecified atom stereocenters. The minimum absolute atomic E-state index is 0.139. The first-order chi connectivity index (χ1) is 12.6. The molecule has 2 heterocycles. The van der Waals surface area contributed by atoms with Gasteiger partial charge in [0.1, 0.15) is 5.82 Å². The second kappa shape index (κ2) is 8.14. The number of rotatable bonds is 6. The molecule has 1 saturated heterocycles. The van der Waals surface area contributed by atoms with E-state index in [0.717, 1.165) is 5.56 Å². The molecule has 26 heavy (non-hydrogen) atoms. The number of furan rings is 1. The lowest BCUT2D eigenvalue weighted by molar-refractivity contribution is -0.130. The lowest BCUT2D eigenvalue weighted by atomic mass is 9.73. The summed E-state index contributed by atoms with van der Waals surface area (Å²) >= 11 is 0. The van der Waals surface area contributed by atoms with Gasteiger partial charge in [0.25, 0.3) is 5.91 Å². The molecule has 0 radical (unpaired) electrons. The molecule has 7 heteroatoms. The van der Waals surface area contributed by atoms with E-state index in [1.807, 2.05) is 0 Å². The number of benzene rings is 1. The second-order valence-electron chi connectivity index (χ2n) is 6.19. The van der Waals surface area contributed by atoms with Gasteiger partial charge in [0.2, 0.25) is 5.91 Å². The van der Waals surface area contributed by atoms with Crippen molar-refractivity contribution in [2.75, 3.05) is 26.3 Å². The van der Waals surface area contributed by atoms with Crippen molar-refractivity contribution in [1.29, 1.82) is 0 Å². The van der Waals surface area contributed by atoms with E-state index in [4.69, 9.17) is 9.15 Å². The summed E-state index contributed by atoms with van der Waals surface area (Å²) in [6.45, 7) is 1.51. The number of nitrogens with one attached hydrogen (secondary N) is 2. The number of halogens is 1. The molecule has 2 N–H and O–H groups in total. The van der Waals surface area contributed by atoms with Crippen LogP contribution < -0.4 is 10.6 Å². The standard InChI is InChI=1S/C19H21FN2O4/c20-15-5-3-14(4-6-15)19(7-12-25-13-8-19)18(24)22-10-9-21-17(23)16-2-1-11-26-16/h1-6,11H,7-10,12-13H2,(H,21,23)(H,22,24). The van der Waals surface area contributed by atoms with Crippen LogP contribution in [0.1, 0.15) is 29.0 Å². The van der Waals surface area contributed by atoms with Crippen LogP contribution in [-0.4, -0.2) is 38.1 Å². The molecule has 0 aliphatic carbocycles. The molecule has 1 aromatic carbocycles. The zero-order valence-corrected chi connectivity index (χ0v) is 14.3. The van der Waals surface area contributed by atoms with E-state index in [1.54, 1.807) is 24.3 Å². The smallest absolute Gasteiger partial charge is 0.287 e. The molecule has 0 bridgehead atoms. The van der Waals surface area contributed by atoms with Crippen molar-refractivity contribution in [3.63, 3.8) is 0 Å². The predicted molar refractivity (Wildman–Crippen MR) is 92.2 cm³/mol. The Morgan fingerprint density at radius 1 is 1.04 bits per heavy atom. The van der Waals surface area contributed by atoms with Gasteiger partial charge in [-0.25, -0.2) is 4.39 Å². The van der Waals surface area contributed by atoms with Crippen LogP contribution >= 0.6 is 0 Å². The molecular weight excluding hydrogens is 339 g/mol. The first-order valence-electron chi connectivity index (χ1n) is 8.56. The average Bonchev–Trinajstić information content (AvgIpc) is 3.21. The Kier molecular flexibility index (Phi) is 5.68. The third kappa shape index (κ3) is 3.94. The fourth-order valence-corrected chi connectivity index (χ4v) is 3.15. The first kappa shape index (κ1) is 18.1. The highest BCUT2D eigenvalue weighted by Crippen LogP contribution is 2.35. The van der Waals surface area contributed by atoms with Crippen molar-refractivity contribution in [2.24, 2.45) is 0 Å². The van der Waals surface area contributed by atoms with Gasteiger partial charge < -0.3 is 19.8 Å². The minimum atomic E-state index is -0.739. The fourth-order valence-electron chi connectivity index (χ4n) is 3.15. The van der Waals surface area contributed by atoms with Gasteiger partial charge >= 0.3 is 0 Å². The maximum atomic E-state index is 13.2. The van der Waals surface area contributed by atoms with E-state index in [9.17, 15) is 14.0 Å². The third-order valence-electron chi connectivity index (χ3n) is 4.62. The van der Waals surface area contributed by atoms with E-state index in [0.29, 0.717) is 26.1 Å². The molecule has 0 spiro atoms. The Balaban J connectivity index is 1.59. The summed E-state index contributed by atoms with van der Waals surface area (Å²) in [6.07, 6.45) is 2.49. The van der Waals surface area contributed by atoms with Crippen LogP contribution in [0.3, 0.4) is 0 Å². The van der Waals surface area contributed by atoms with E-state index in [1.165, 1.54) is 18.4 Å². The molecule has 0 atom stereocenters. The Hall–Kier alpha value is -2.67. The van der Waals surface area contributed by atoms with Crippen LogP contribution in [0, 0.1) is 5.82 Å². The maximum absolute atomic E-state index is 13.2. The normalized spacial score (nSPS) is 16.0. The summed E-state index contributed by atoms with van der Waals surface area (Å²) in [5.41, 5.74) is 0.0380. The van der Waals surface area contributed by atoms with Crippen molar-refractivity contribution >= 4 is 11.8 Å². The van der Waals surface area contributed by atoms with Gasteiger partial charge in [-0.2, -0.15) is 0 Å². The van der Waals surface area contributed by atoms with E-state index < -0.39 is 5.41 Å². The average molecular weight is 360 g/mol. The second-order valence-corrected chi connectivity index (χ2v) is 6.19. The highest BCUT2D eigenvalue weighted by atomic mass is 19.1. The predicted octanol–water partition coefficient (Wildman–Crippen LogP) is 2.01. The summed E-state index contributed by atoms with van der Waals surface area (Å²) in [5.74, 6) is -0.580. The van der Waals surface area contributed by atoms with Gasteiger partial charge in [-0.05, 0) is 42.7 Å². The Labute approximate surface area is 150 Å². The molecule has 1 aliphatic rings. The lowest BCUT2D eigenvalue weighted by Gasteiger charge is -2.36. The summed E-state index contributed by atoms with van der Waals surface area (Å²) < 4.78 is 23.7. The number of amides is 2. The zero-order chi connectivity index (χ0) is 18.4. The van der Waals surface area contributed by atoms with Gasteiger partial charge in [-0.15, -0.1) is 0 Å². The van der Waals surface area contributed by atoms with Gasteiger partial charge in [0.15, 0.2) is 5.76 Å². The molecule has 6 nitrogen and oxygen atoms in total. The van der Waals surface area contributed by atoms with Crippen LogP contribution in [-0.2, 0) is 14.9 Å². The highest BCUT2D eigenvalue weighted by Gasteiger charge is 2.41. The Morgan fingerprint density at radius 3 is 2.38 bits per heavy atom. The molecule has 2 amide bonds. The molecule has 0 saturated carbocycles. The maximum Gasteiger partial charge on any atom is 0.287 e. The van der Waals surface area contributed by atoms with Crippen LogP contribution in [0.4, 0.5) is 4.39 Å². The first-order valence-corrected chi connectivity index (χ1v) is 8.56. The molecule has 3 rings (SSSR count). The summed E-state index contributed by atoms with van der Waals surface area (Å²) in [7, 11) is 0. The number of ether oxygens (including phenoxy) is 1. The van der Waals surface area contributed by atoms with Crippen molar-refractivity contribution in [3.8, 4) is 0 Å². The van der Waals surface area contributed by atoms with Crippen molar-refractivity contribution < 1.29 is 23.1 Å². The van der Waals surface area contributed by atoms with E-state index >= 15 is 0 Å². The quantitative estimate of drug-likeness (QED) is 0.773. The van der Waals surface area contributed by atoms with Crippen molar-refractivity contribution in [1.82, 2.24) is 10.6 Å². The highest BCUT2D eigenvalue weighted by molar-refractivity contribution is 5.91. The van der Waals surface area contributed by atoms with Crippen molar-refractivity contribution in [2.45, 2.75) is 18.3 Å². The third-order valence-corrected chi connectivity index (χ3v) is 4.62. The summed E-state index contributed by atoms with van der Waals surface area (Å²) in [4.78, 5) is 24.7. The summed E-state index contributed by atoms with van der Waals surface area (Å²) in [6, 6.07) is 9.23. The van der Waals surface area contributed by atoms with Crippen LogP contribution in [0.2, 0.25) is 0 Å². The Morgan fingerprint density at radius 2 is 1.73 bits per heavy atom. The van der Waals surface area contributed by atoms with Crippen molar-refractivity contribution in [3.05, 3.63) is 59.8 Å². The van der Waals surface area contributed by atoms with Crippen LogP contribution in [0.15, 0.2) is 47.1 Å². The largest absolute Gasteiger partial charge is 0.459 e. The molecule has 2 aromatic rings. The lowest BCUT2D eigenvalue weighted by Crippen LogP contribution is -2.49. The zero-order valence-electron chi connectivity index (χ0n) is 14.3. The monoisotopic (exact) mass is 360 g/mol. The van der Waals surface area contributed by atoms with Gasteiger partial charge in [0, 0.05) is 26.3 Å². The number of hydrogen-bond acceptors (Lipinski definition) is 4. The van der Waals surface area contributed by atoms with Crippen LogP contribution in [0.25, 0.3) is 0 Å². The summed E-state index contributed by atoms with van der Waals surface area (Å²) in [5, 5.41) is 5.55. The Bertz CT molecular complexity index is 737. The van der Waals surface area contributed by atoms with E-state index in [-0.39, 0.29) is 36.5 Å². The molecular formula is C19H21FN2O4. The molecule has 1 fully saturated rings. The minimum Gasteiger partial charge on any atom is -0.459 e. The SMILES string of the molecule is O=C(NCCNC(=O)C1(c2ccc(F)cc2)CCOCC1)c1ccco1. The van der Waals surface area contributed by atoms with Gasteiger partial charge in [0.05, 0.1) is 11.7 Å². The molecule has 138 valence electrons. The van der Waals surface area contributed by atoms with Gasteiger partial charge in [-0.3, -0.25) is 9.59 Å². The number of hydrogen-bond donors (Lipinski definition) is 2. The van der Waals surface area contributed by atoms with Crippen LogP contribution in [0.5, 0.6) is 0 Å². The topological polar surface area (TPSA) is 80.6 Å². The molecule has 1 aromatic heterocycles.